The van der Waals surface area contributed by atoms with Crippen LogP contribution in [0.3, 0.4) is 0 Å². The number of hydrogen-bond acceptors (Lipinski definition) is 2. The molecule has 0 N–H and O–H groups in total. The first-order valence-corrected chi connectivity index (χ1v) is 10.4. The molecule has 132 valence electrons. The highest BCUT2D eigenvalue weighted by Crippen LogP contribution is 2.43. The van der Waals surface area contributed by atoms with Gasteiger partial charge in [0.25, 0.3) is 0 Å². The predicted molar refractivity (Wildman–Crippen MR) is 102 cm³/mol. The Hall–Kier alpha value is -1.09. The minimum atomic E-state index is -0.167. The summed E-state index contributed by atoms with van der Waals surface area (Å²) in [6.07, 6.45) is 9.89. The van der Waals surface area contributed by atoms with Crippen LogP contribution in [0, 0.1) is 11.7 Å². The molecule has 0 saturated heterocycles. The third-order valence-electron chi connectivity index (χ3n) is 5.31. The van der Waals surface area contributed by atoms with Gasteiger partial charge in [0, 0.05) is 4.88 Å². The van der Waals surface area contributed by atoms with E-state index >= 15 is 0 Å². The Morgan fingerprint density at radius 1 is 1.12 bits per heavy atom. The lowest BCUT2D eigenvalue weighted by Crippen LogP contribution is -2.12. The third kappa shape index (κ3) is 3.93. The molecule has 1 heterocycles. The highest BCUT2D eigenvalue weighted by molar-refractivity contribution is 7.19. The number of halogens is 1. The molecule has 1 fully saturated rings. The summed E-state index contributed by atoms with van der Waals surface area (Å²) in [5.41, 5.74) is 0. The van der Waals surface area contributed by atoms with Crippen LogP contribution in [-0.2, 0) is 0 Å². The Labute approximate surface area is 149 Å². The standard InChI is InChI=1S/C21H29FOS/c1-3-5-13-23-18-12-11-17-14-19(24-21(17)20(18)22)16-9-7-15(6-4-2)8-10-16/h11-12,14-16H,3-10,13H2,1-2H3. The van der Waals surface area contributed by atoms with Crippen molar-refractivity contribution in [1.29, 1.82) is 0 Å². The lowest BCUT2D eigenvalue weighted by molar-refractivity contribution is 0.295. The van der Waals surface area contributed by atoms with E-state index < -0.39 is 0 Å². The SMILES string of the molecule is CCCCOc1ccc2cc(C3CCC(CCC)CC3)sc2c1F. The average molecular weight is 349 g/mol. The first-order chi connectivity index (χ1) is 11.7. The molecule has 1 aromatic heterocycles. The minimum Gasteiger partial charge on any atom is -0.490 e. The molecule has 24 heavy (non-hydrogen) atoms. The van der Waals surface area contributed by atoms with Crippen LogP contribution in [0.2, 0.25) is 0 Å². The van der Waals surface area contributed by atoms with Crippen molar-refractivity contribution in [2.45, 2.75) is 71.1 Å². The lowest BCUT2D eigenvalue weighted by atomic mass is 9.79. The van der Waals surface area contributed by atoms with Crippen LogP contribution in [0.25, 0.3) is 10.1 Å². The molecule has 1 aliphatic rings. The van der Waals surface area contributed by atoms with E-state index in [1.165, 1.54) is 43.4 Å². The first-order valence-electron chi connectivity index (χ1n) is 9.57. The van der Waals surface area contributed by atoms with Crippen molar-refractivity contribution in [3.8, 4) is 5.75 Å². The molecule has 0 bridgehead atoms. The van der Waals surface area contributed by atoms with Crippen LogP contribution in [0.1, 0.15) is 76.0 Å². The summed E-state index contributed by atoms with van der Waals surface area (Å²) in [6, 6.07) is 6.02. The van der Waals surface area contributed by atoms with Gasteiger partial charge in [0.05, 0.1) is 11.3 Å². The second kappa shape index (κ2) is 8.33. The average Bonchev–Trinajstić information content (AvgIpc) is 3.03. The van der Waals surface area contributed by atoms with Gasteiger partial charge in [0.15, 0.2) is 11.6 Å². The van der Waals surface area contributed by atoms with E-state index in [1.54, 1.807) is 17.4 Å². The topological polar surface area (TPSA) is 9.23 Å². The molecule has 2 aromatic rings. The van der Waals surface area contributed by atoms with Gasteiger partial charge in [-0.2, -0.15) is 0 Å². The number of hydrogen-bond donors (Lipinski definition) is 0. The second-order valence-electron chi connectivity index (χ2n) is 7.15. The van der Waals surface area contributed by atoms with Crippen LogP contribution in [0.15, 0.2) is 18.2 Å². The zero-order valence-electron chi connectivity index (χ0n) is 14.9. The van der Waals surface area contributed by atoms with E-state index in [-0.39, 0.29) is 5.82 Å². The van der Waals surface area contributed by atoms with E-state index in [9.17, 15) is 4.39 Å². The van der Waals surface area contributed by atoms with Crippen molar-refractivity contribution in [3.63, 3.8) is 0 Å². The van der Waals surface area contributed by atoms with E-state index in [4.69, 9.17) is 4.74 Å². The van der Waals surface area contributed by atoms with Gasteiger partial charge in [-0.05, 0) is 67.5 Å². The lowest BCUT2D eigenvalue weighted by Gasteiger charge is -2.27. The zero-order chi connectivity index (χ0) is 16.9. The normalized spacial score (nSPS) is 21.3. The fourth-order valence-corrected chi connectivity index (χ4v) is 5.11. The molecule has 0 aliphatic heterocycles. The van der Waals surface area contributed by atoms with Crippen molar-refractivity contribution in [1.82, 2.24) is 0 Å². The van der Waals surface area contributed by atoms with Gasteiger partial charge in [-0.15, -0.1) is 11.3 Å². The Bertz CT molecular complexity index is 655. The van der Waals surface area contributed by atoms with Crippen LogP contribution < -0.4 is 4.74 Å². The smallest absolute Gasteiger partial charge is 0.182 e. The maximum absolute atomic E-state index is 14.7. The molecule has 0 amide bonds. The van der Waals surface area contributed by atoms with Crippen LogP contribution >= 0.6 is 11.3 Å². The number of ether oxygens (including phenoxy) is 1. The zero-order valence-corrected chi connectivity index (χ0v) is 15.8. The maximum atomic E-state index is 14.7. The van der Waals surface area contributed by atoms with Crippen molar-refractivity contribution < 1.29 is 9.13 Å². The summed E-state index contributed by atoms with van der Waals surface area (Å²) in [4.78, 5) is 1.37. The number of thiophene rings is 1. The molecule has 0 atom stereocenters. The fraction of sp³-hybridized carbons (Fsp3) is 0.619. The van der Waals surface area contributed by atoms with E-state index in [0.717, 1.165) is 28.8 Å². The Morgan fingerprint density at radius 2 is 1.92 bits per heavy atom. The molecule has 0 unspecified atom stereocenters. The number of unbranched alkanes of at least 4 members (excludes halogenated alkanes) is 1. The number of benzene rings is 1. The second-order valence-corrected chi connectivity index (χ2v) is 8.24. The Kier molecular flexibility index (Phi) is 6.15. The summed E-state index contributed by atoms with van der Waals surface area (Å²) in [6.45, 7) is 4.99. The van der Waals surface area contributed by atoms with Gasteiger partial charge < -0.3 is 4.74 Å². The Balaban J connectivity index is 1.73. The molecule has 1 aromatic carbocycles. The molecule has 1 aliphatic carbocycles. The highest BCUT2D eigenvalue weighted by Gasteiger charge is 2.24. The summed E-state index contributed by atoms with van der Waals surface area (Å²) in [5, 5.41) is 1.03. The van der Waals surface area contributed by atoms with Gasteiger partial charge in [-0.25, -0.2) is 4.39 Å². The number of fused-ring (bicyclic) bond motifs is 1. The van der Waals surface area contributed by atoms with Gasteiger partial charge in [-0.1, -0.05) is 33.1 Å². The quantitative estimate of drug-likeness (QED) is 0.477. The molecule has 3 heteroatoms. The summed E-state index contributed by atoms with van der Waals surface area (Å²) >= 11 is 1.64. The minimum absolute atomic E-state index is 0.167. The fourth-order valence-electron chi connectivity index (χ4n) is 3.85. The van der Waals surface area contributed by atoms with E-state index in [1.807, 2.05) is 6.07 Å². The van der Waals surface area contributed by atoms with Gasteiger partial charge in [0.2, 0.25) is 0 Å². The van der Waals surface area contributed by atoms with Gasteiger partial charge >= 0.3 is 0 Å². The molecular formula is C21H29FOS. The Morgan fingerprint density at radius 3 is 2.62 bits per heavy atom. The van der Waals surface area contributed by atoms with Crippen molar-refractivity contribution in [2.24, 2.45) is 5.92 Å². The van der Waals surface area contributed by atoms with Crippen LogP contribution in [0.4, 0.5) is 4.39 Å². The molecule has 3 rings (SSSR count). The molecule has 0 radical (unpaired) electrons. The molecule has 1 nitrogen and oxygen atoms in total. The van der Waals surface area contributed by atoms with Gasteiger partial charge in [0.1, 0.15) is 0 Å². The van der Waals surface area contributed by atoms with Crippen LogP contribution in [0.5, 0.6) is 5.75 Å². The molecular weight excluding hydrogens is 319 g/mol. The van der Waals surface area contributed by atoms with Gasteiger partial charge in [-0.3, -0.25) is 0 Å². The predicted octanol–water partition coefficient (Wildman–Crippen LogP) is 7.29. The maximum Gasteiger partial charge on any atom is 0.182 e. The third-order valence-corrected chi connectivity index (χ3v) is 6.62. The first kappa shape index (κ1) is 17.7. The largest absolute Gasteiger partial charge is 0.490 e. The monoisotopic (exact) mass is 348 g/mol. The summed E-state index contributed by atoms with van der Waals surface area (Å²) < 4.78 is 21.1. The summed E-state index contributed by atoms with van der Waals surface area (Å²) in [5.74, 6) is 1.78. The van der Waals surface area contributed by atoms with Crippen molar-refractivity contribution >= 4 is 21.4 Å². The van der Waals surface area contributed by atoms with Crippen molar-refractivity contribution in [3.05, 3.63) is 28.9 Å². The van der Waals surface area contributed by atoms with E-state index in [2.05, 4.69) is 19.9 Å². The summed E-state index contributed by atoms with van der Waals surface area (Å²) in [7, 11) is 0. The molecule has 1 saturated carbocycles. The molecule has 0 spiro atoms. The van der Waals surface area contributed by atoms with Crippen LogP contribution in [-0.4, -0.2) is 6.61 Å². The van der Waals surface area contributed by atoms with Crippen molar-refractivity contribution in [2.75, 3.05) is 6.61 Å². The van der Waals surface area contributed by atoms with E-state index in [0.29, 0.717) is 18.3 Å². The highest BCUT2D eigenvalue weighted by atomic mass is 32.1. The number of rotatable bonds is 7.